The topological polar surface area (TPSA) is 12.0 Å². The fourth-order valence-electron chi connectivity index (χ4n) is 6.08. The summed E-state index contributed by atoms with van der Waals surface area (Å²) in [6, 6.07) is 0.567. The van der Waals surface area contributed by atoms with Crippen molar-refractivity contribution >= 4 is 0 Å². The maximum atomic E-state index is 5.62. The first-order chi connectivity index (χ1) is 8.59. The van der Waals surface area contributed by atoms with Gasteiger partial charge in [0.05, 0.1) is 0 Å². The third-order valence-electron chi connectivity index (χ3n) is 5.91. The fraction of sp³-hybridized carbons (Fsp3) is 0.882. The minimum Gasteiger partial charge on any atom is -0.313 e. The monoisotopic (exact) mass is 245 g/mol. The van der Waals surface area contributed by atoms with E-state index in [2.05, 4.69) is 25.1 Å². The van der Waals surface area contributed by atoms with E-state index in [0.717, 1.165) is 24.8 Å². The summed E-state index contributed by atoms with van der Waals surface area (Å²) in [5.74, 6) is 4.92. The smallest absolute Gasteiger partial charge is 0.0246 e. The molecule has 1 heteroatoms. The van der Waals surface area contributed by atoms with E-state index in [0.29, 0.717) is 16.9 Å². The Morgan fingerprint density at radius 3 is 2.44 bits per heavy atom. The number of nitrogens with one attached hydrogen (secondary N) is 1. The van der Waals surface area contributed by atoms with Crippen LogP contribution in [0.3, 0.4) is 0 Å². The molecule has 0 heterocycles. The van der Waals surface area contributed by atoms with Crippen molar-refractivity contribution in [3.63, 3.8) is 0 Å². The molecule has 0 aromatic carbocycles. The van der Waals surface area contributed by atoms with Gasteiger partial charge in [-0.25, -0.2) is 0 Å². The minimum absolute atomic E-state index is 0.529. The molecule has 3 atom stereocenters. The van der Waals surface area contributed by atoms with Crippen LogP contribution in [0.2, 0.25) is 0 Å². The van der Waals surface area contributed by atoms with Crippen LogP contribution >= 0.6 is 0 Å². The standard InChI is InChI=1S/C17H27N/c1-4-6-15(18-5-2)17-10-13-7-14(11-17)9-16(3,8-13)12-17/h1,13-15,18H,5-12H2,2-3H3. The summed E-state index contributed by atoms with van der Waals surface area (Å²) in [5, 5.41) is 3.72. The van der Waals surface area contributed by atoms with Gasteiger partial charge in [0.1, 0.15) is 0 Å². The number of terminal acetylenes is 1. The molecular weight excluding hydrogens is 218 g/mol. The van der Waals surface area contributed by atoms with E-state index in [1.807, 2.05) is 0 Å². The molecular formula is C17H27N. The van der Waals surface area contributed by atoms with Gasteiger partial charge >= 0.3 is 0 Å². The molecule has 1 N–H and O–H groups in total. The zero-order valence-electron chi connectivity index (χ0n) is 12.0. The van der Waals surface area contributed by atoms with Gasteiger partial charge in [0.2, 0.25) is 0 Å². The molecule has 0 spiro atoms. The van der Waals surface area contributed by atoms with Crippen LogP contribution in [0, 0.1) is 35.0 Å². The van der Waals surface area contributed by atoms with Gasteiger partial charge < -0.3 is 5.32 Å². The summed E-state index contributed by atoms with van der Waals surface area (Å²) in [5.41, 5.74) is 1.16. The Bertz CT molecular complexity index is 350. The molecule has 4 bridgehead atoms. The van der Waals surface area contributed by atoms with Crippen LogP contribution in [-0.4, -0.2) is 12.6 Å². The van der Waals surface area contributed by atoms with Gasteiger partial charge in [-0.05, 0) is 67.7 Å². The molecule has 4 aliphatic carbocycles. The largest absolute Gasteiger partial charge is 0.313 e. The van der Waals surface area contributed by atoms with E-state index in [9.17, 15) is 0 Å². The quantitative estimate of drug-likeness (QED) is 0.746. The van der Waals surface area contributed by atoms with Crippen LogP contribution in [0.1, 0.15) is 58.8 Å². The molecule has 4 fully saturated rings. The average molecular weight is 245 g/mol. The van der Waals surface area contributed by atoms with Crippen molar-refractivity contribution in [3.8, 4) is 12.3 Å². The number of hydrogen-bond acceptors (Lipinski definition) is 1. The highest BCUT2D eigenvalue weighted by molar-refractivity contribution is 5.11. The SMILES string of the molecule is C#CCC(NCC)C12CC3CC(CC(C)(C3)C1)C2. The van der Waals surface area contributed by atoms with Crippen molar-refractivity contribution in [1.29, 1.82) is 0 Å². The van der Waals surface area contributed by atoms with Crippen LogP contribution in [0.15, 0.2) is 0 Å². The van der Waals surface area contributed by atoms with Gasteiger partial charge in [-0.15, -0.1) is 12.3 Å². The predicted molar refractivity (Wildman–Crippen MR) is 76.1 cm³/mol. The molecule has 0 saturated heterocycles. The van der Waals surface area contributed by atoms with Gasteiger partial charge in [-0.3, -0.25) is 0 Å². The van der Waals surface area contributed by atoms with E-state index in [1.165, 1.54) is 38.5 Å². The van der Waals surface area contributed by atoms with Crippen LogP contribution < -0.4 is 5.32 Å². The van der Waals surface area contributed by atoms with Gasteiger partial charge in [-0.2, -0.15) is 0 Å². The predicted octanol–water partition coefficient (Wildman–Crippen LogP) is 3.59. The highest BCUT2D eigenvalue weighted by Gasteiger charge is 2.57. The van der Waals surface area contributed by atoms with Gasteiger partial charge in [-0.1, -0.05) is 13.8 Å². The van der Waals surface area contributed by atoms with Crippen molar-refractivity contribution in [3.05, 3.63) is 0 Å². The lowest BCUT2D eigenvalue weighted by molar-refractivity contribution is -0.117. The Kier molecular flexibility index (Phi) is 2.98. The third-order valence-corrected chi connectivity index (χ3v) is 5.91. The van der Waals surface area contributed by atoms with Crippen molar-refractivity contribution < 1.29 is 0 Å². The Hall–Kier alpha value is -0.480. The molecule has 3 unspecified atom stereocenters. The number of rotatable bonds is 4. The molecule has 0 radical (unpaired) electrons. The Labute approximate surface area is 112 Å². The Morgan fingerprint density at radius 2 is 1.94 bits per heavy atom. The van der Waals surface area contributed by atoms with Gasteiger partial charge in [0.25, 0.3) is 0 Å². The molecule has 18 heavy (non-hydrogen) atoms. The molecule has 4 saturated carbocycles. The summed E-state index contributed by atoms with van der Waals surface area (Å²) < 4.78 is 0. The molecule has 4 rings (SSSR count). The van der Waals surface area contributed by atoms with Crippen molar-refractivity contribution in [2.24, 2.45) is 22.7 Å². The van der Waals surface area contributed by atoms with E-state index in [1.54, 1.807) is 0 Å². The second kappa shape index (κ2) is 4.27. The first kappa shape index (κ1) is 12.5. The van der Waals surface area contributed by atoms with Crippen molar-refractivity contribution in [2.75, 3.05) is 6.54 Å². The zero-order valence-corrected chi connectivity index (χ0v) is 12.0. The summed E-state index contributed by atoms with van der Waals surface area (Å²) in [6.45, 7) is 5.81. The second-order valence-corrected chi connectivity index (χ2v) is 7.65. The maximum Gasteiger partial charge on any atom is 0.0246 e. The first-order valence-corrected chi connectivity index (χ1v) is 7.76. The maximum absolute atomic E-state index is 5.62. The molecule has 0 aromatic heterocycles. The number of hydrogen-bond donors (Lipinski definition) is 1. The molecule has 0 amide bonds. The van der Waals surface area contributed by atoms with E-state index < -0.39 is 0 Å². The Morgan fingerprint density at radius 1 is 1.28 bits per heavy atom. The van der Waals surface area contributed by atoms with E-state index in [-0.39, 0.29) is 0 Å². The highest BCUT2D eigenvalue weighted by atomic mass is 14.9. The van der Waals surface area contributed by atoms with Gasteiger partial charge in [0, 0.05) is 12.5 Å². The molecule has 0 aliphatic heterocycles. The fourth-order valence-corrected chi connectivity index (χ4v) is 6.08. The lowest BCUT2D eigenvalue weighted by Gasteiger charge is -2.63. The average Bonchev–Trinajstić information content (AvgIpc) is 2.25. The molecule has 4 aliphatic rings. The second-order valence-electron chi connectivity index (χ2n) is 7.65. The van der Waals surface area contributed by atoms with Crippen LogP contribution in [0.4, 0.5) is 0 Å². The summed E-state index contributed by atoms with van der Waals surface area (Å²) in [4.78, 5) is 0. The van der Waals surface area contributed by atoms with Crippen LogP contribution in [-0.2, 0) is 0 Å². The summed E-state index contributed by atoms with van der Waals surface area (Å²) in [6.07, 6.45) is 15.3. The van der Waals surface area contributed by atoms with Crippen molar-refractivity contribution in [2.45, 2.75) is 64.8 Å². The highest BCUT2D eigenvalue weighted by Crippen LogP contribution is 2.66. The lowest BCUT2D eigenvalue weighted by Crippen LogP contribution is -2.58. The Balaban J connectivity index is 1.87. The van der Waals surface area contributed by atoms with Crippen molar-refractivity contribution in [1.82, 2.24) is 5.32 Å². The molecule has 0 aromatic rings. The van der Waals surface area contributed by atoms with Crippen LogP contribution in [0.5, 0.6) is 0 Å². The zero-order chi connectivity index (χ0) is 12.8. The first-order valence-electron chi connectivity index (χ1n) is 7.76. The van der Waals surface area contributed by atoms with Crippen LogP contribution in [0.25, 0.3) is 0 Å². The lowest BCUT2D eigenvalue weighted by atomic mass is 9.43. The van der Waals surface area contributed by atoms with E-state index in [4.69, 9.17) is 6.42 Å². The third kappa shape index (κ3) is 1.90. The summed E-state index contributed by atoms with van der Waals surface area (Å²) >= 11 is 0. The summed E-state index contributed by atoms with van der Waals surface area (Å²) in [7, 11) is 0. The van der Waals surface area contributed by atoms with E-state index >= 15 is 0 Å². The molecule has 1 nitrogen and oxygen atoms in total. The minimum atomic E-state index is 0.529. The normalized spacial score (nSPS) is 46.9. The van der Waals surface area contributed by atoms with Gasteiger partial charge in [0.15, 0.2) is 0 Å². The molecule has 100 valence electrons.